The molecule has 1 N–H and O–H groups in total. The smallest absolute Gasteiger partial charge is 0.260 e. The van der Waals surface area contributed by atoms with Gasteiger partial charge in [-0.1, -0.05) is 12.1 Å². The highest BCUT2D eigenvalue weighted by Crippen LogP contribution is 2.27. The molecular weight excluding hydrogens is 332 g/mol. The Morgan fingerprint density at radius 1 is 1.15 bits per heavy atom. The molecule has 0 radical (unpaired) electrons. The summed E-state index contributed by atoms with van der Waals surface area (Å²) in [5, 5.41) is 11.7. The van der Waals surface area contributed by atoms with E-state index in [2.05, 4.69) is 5.32 Å². The van der Waals surface area contributed by atoms with Crippen LogP contribution in [0, 0.1) is 11.3 Å². The van der Waals surface area contributed by atoms with Crippen LogP contribution >= 0.6 is 0 Å². The standard InChI is InChI=1S/C20H22N2O4/c1-14(26-17-6-4-5-16(11-17)13-21)20(23)22-10-9-15-7-8-18(24-2)19(12-15)25-3/h4-8,11-12,14H,9-10H2,1-3H3,(H,22,23). The molecule has 6 heteroatoms. The number of nitriles is 1. The molecule has 2 aromatic rings. The zero-order chi connectivity index (χ0) is 18.9. The average Bonchev–Trinajstić information content (AvgIpc) is 2.67. The van der Waals surface area contributed by atoms with Crippen LogP contribution in [-0.2, 0) is 11.2 Å². The summed E-state index contributed by atoms with van der Waals surface area (Å²) in [5.74, 6) is 1.60. The molecule has 0 fully saturated rings. The summed E-state index contributed by atoms with van der Waals surface area (Å²) in [4.78, 5) is 12.2. The Hall–Kier alpha value is -3.20. The lowest BCUT2D eigenvalue weighted by Crippen LogP contribution is -2.37. The Morgan fingerprint density at radius 2 is 1.92 bits per heavy atom. The number of nitrogens with zero attached hydrogens (tertiary/aromatic N) is 1. The lowest BCUT2D eigenvalue weighted by Gasteiger charge is -2.15. The van der Waals surface area contributed by atoms with Crippen molar-refractivity contribution in [1.29, 1.82) is 5.26 Å². The minimum atomic E-state index is -0.658. The van der Waals surface area contributed by atoms with E-state index in [4.69, 9.17) is 19.5 Å². The maximum atomic E-state index is 12.2. The Kier molecular flexibility index (Phi) is 6.86. The molecule has 26 heavy (non-hydrogen) atoms. The second kappa shape index (κ2) is 9.33. The first kappa shape index (κ1) is 19.1. The zero-order valence-electron chi connectivity index (χ0n) is 15.1. The monoisotopic (exact) mass is 354 g/mol. The van der Waals surface area contributed by atoms with E-state index in [0.717, 1.165) is 5.56 Å². The van der Waals surface area contributed by atoms with Crippen LogP contribution in [0.2, 0.25) is 0 Å². The molecule has 0 saturated heterocycles. The van der Waals surface area contributed by atoms with Crippen LogP contribution in [0.3, 0.4) is 0 Å². The van der Waals surface area contributed by atoms with Gasteiger partial charge in [-0.15, -0.1) is 0 Å². The van der Waals surface area contributed by atoms with Crippen molar-refractivity contribution < 1.29 is 19.0 Å². The molecule has 136 valence electrons. The summed E-state index contributed by atoms with van der Waals surface area (Å²) >= 11 is 0. The molecule has 0 aliphatic carbocycles. The number of nitrogens with one attached hydrogen (secondary N) is 1. The van der Waals surface area contributed by atoms with Crippen LogP contribution in [0.25, 0.3) is 0 Å². The third-order valence-electron chi connectivity index (χ3n) is 3.81. The highest BCUT2D eigenvalue weighted by atomic mass is 16.5. The summed E-state index contributed by atoms with van der Waals surface area (Å²) in [5.41, 5.74) is 1.52. The molecule has 6 nitrogen and oxygen atoms in total. The van der Waals surface area contributed by atoms with Crippen molar-refractivity contribution in [2.45, 2.75) is 19.4 Å². The van der Waals surface area contributed by atoms with E-state index in [-0.39, 0.29) is 5.91 Å². The van der Waals surface area contributed by atoms with E-state index in [1.165, 1.54) is 0 Å². The molecule has 2 aromatic carbocycles. The average molecular weight is 354 g/mol. The van der Waals surface area contributed by atoms with Crippen LogP contribution in [0.4, 0.5) is 0 Å². The van der Waals surface area contributed by atoms with Crippen molar-refractivity contribution in [1.82, 2.24) is 5.32 Å². The Morgan fingerprint density at radius 3 is 2.62 bits per heavy atom. The van der Waals surface area contributed by atoms with Crippen LogP contribution in [0.1, 0.15) is 18.1 Å². The van der Waals surface area contributed by atoms with Crippen molar-refractivity contribution in [3.63, 3.8) is 0 Å². The van der Waals surface area contributed by atoms with E-state index in [1.807, 2.05) is 24.3 Å². The van der Waals surface area contributed by atoms with Gasteiger partial charge >= 0.3 is 0 Å². The van der Waals surface area contributed by atoms with Gasteiger partial charge in [-0.3, -0.25) is 4.79 Å². The molecule has 0 saturated carbocycles. The quantitative estimate of drug-likeness (QED) is 0.788. The van der Waals surface area contributed by atoms with Gasteiger partial charge in [-0.05, 0) is 49.2 Å². The predicted octanol–water partition coefficient (Wildman–Crippen LogP) is 2.70. The Labute approximate surface area is 153 Å². The minimum Gasteiger partial charge on any atom is -0.493 e. The first-order valence-electron chi connectivity index (χ1n) is 8.22. The lowest BCUT2D eigenvalue weighted by molar-refractivity contribution is -0.127. The van der Waals surface area contributed by atoms with Gasteiger partial charge in [0, 0.05) is 6.54 Å². The second-order valence-corrected chi connectivity index (χ2v) is 5.63. The van der Waals surface area contributed by atoms with Crippen molar-refractivity contribution in [2.24, 2.45) is 0 Å². The van der Waals surface area contributed by atoms with Crippen molar-refractivity contribution in [3.8, 4) is 23.3 Å². The third-order valence-corrected chi connectivity index (χ3v) is 3.81. The van der Waals surface area contributed by atoms with Crippen molar-refractivity contribution in [2.75, 3.05) is 20.8 Å². The van der Waals surface area contributed by atoms with Crippen LogP contribution in [0.5, 0.6) is 17.2 Å². The van der Waals surface area contributed by atoms with Gasteiger partial charge in [0.05, 0.1) is 25.9 Å². The summed E-state index contributed by atoms with van der Waals surface area (Å²) in [6, 6.07) is 14.4. The normalized spacial score (nSPS) is 11.2. The van der Waals surface area contributed by atoms with Gasteiger partial charge in [0.1, 0.15) is 5.75 Å². The van der Waals surface area contributed by atoms with Crippen LogP contribution in [0.15, 0.2) is 42.5 Å². The highest BCUT2D eigenvalue weighted by molar-refractivity contribution is 5.80. The minimum absolute atomic E-state index is 0.215. The molecule has 2 rings (SSSR count). The third kappa shape index (κ3) is 5.15. The number of hydrogen-bond donors (Lipinski definition) is 1. The first-order chi connectivity index (χ1) is 12.6. The fourth-order valence-corrected chi connectivity index (χ4v) is 2.41. The van der Waals surface area contributed by atoms with E-state index < -0.39 is 6.10 Å². The Balaban J connectivity index is 1.85. The molecule has 1 amide bonds. The number of ether oxygens (including phenoxy) is 3. The van der Waals surface area contributed by atoms with E-state index >= 15 is 0 Å². The fourth-order valence-electron chi connectivity index (χ4n) is 2.41. The van der Waals surface area contributed by atoms with Gasteiger partial charge in [-0.25, -0.2) is 0 Å². The fraction of sp³-hybridized carbons (Fsp3) is 0.300. The highest BCUT2D eigenvalue weighted by Gasteiger charge is 2.14. The summed E-state index contributed by atoms with van der Waals surface area (Å²) < 4.78 is 16.1. The van der Waals surface area contributed by atoms with E-state index in [9.17, 15) is 4.79 Å². The number of amides is 1. The molecule has 0 aliphatic heterocycles. The molecule has 0 heterocycles. The maximum Gasteiger partial charge on any atom is 0.260 e. The zero-order valence-corrected chi connectivity index (χ0v) is 15.1. The van der Waals surface area contributed by atoms with Gasteiger partial charge in [0.15, 0.2) is 17.6 Å². The van der Waals surface area contributed by atoms with Gasteiger partial charge in [-0.2, -0.15) is 5.26 Å². The van der Waals surface area contributed by atoms with Crippen LogP contribution < -0.4 is 19.5 Å². The van der Waals surface area contributed by atoms with E-state index in [1.54, 1.807) is 45.4 Å². The molecule has 0 bridgehead atoms. The molecule has 0 aromatic heterocycles. The van der Waals surface area contributed by atoms with Crippen LogP contribution in [-0.4, -0.2) is 32.8 Å². The Bertz CT molecular complexity index is 799. The molecule has 1 atom stereocenters. The maximum absolute atomic E-state index is 12.2. The number of methoxy groups -OCH3 is 2. The molecule has 0 aliphatic rings. The topological polar surface area (TPSA) is 80.6 Å². The number of benzene rings is 2. The van der Waals surface area contributed by atoms with Crippen molar-refractivity contribution >= 4 is 5.91 Å². The predicted molar refractivity (Wildman–Crippen MR) is 97.5 cm³/mol. The number of hydrogen-bond acceptors (Lipinski definition) is 5. The summed E-state index contributed by atoms with van der Waals surface area (Å²) in [6.45, 7) is 2.14. The second-order valence-electron chi connectivity index (χ2n) is 5.63. The molecule has 0 spiro atoms. The van der Waals surface area contributed by atoms with Gasteiger partial charge < -0.3 is 19.5 Å². The summed E-state index contributed by atoms with van der Waals surface area (Å²) in [6.07, 6.45) is -0.00252. The number of carbonyl (C=O) groups is 1. The summed E-state index contributed by atoms with van der Waals surface area (Å²) in [7, 11) is 3.18. The number of carbonyl (C=O) groups excluding carboxylic acids is 1. The van der Waals surface area contributed by atoms with Crippen molar-refractivity contribution in [3.05, 3.63) is 53.6 Å². The van der Waals surface area contributed by atoms with Gasteiger partial charge in [0.25, 0.3) is 5.91 Å². The number of rotatable bonds is 8. The molecular formula is C20H22N2O4. The SMILES string of the molecule is COc1ccc(CCNC(=O)C(C)Oc2cccc(C#N)c2)cc1OC. The van der Waals surface area contributed by atoms with E-state index in [0.29, 0.717) is 35.8 Å². The van der Waals surface area contributed by atoms with Gasteiger partial charge in [0.2, 0.25) is 0 Å². The largest absolute Gasteiger partial charge is 0.493 e. The first-order valence-corrected chi connectivity index (χ1v) is 8.22. The molecule has 1 unspecified atom stereocenters. The lowest BCUT2D eigenvalue weighted by atomic mass is 10.1.